The highest BCUT2D eigenvalue weighted by molar-refractivity contribution is 6.16. The number of nitrogens with zero attached hydrogens (tertiary/aromatic N) is 3. The summed E-state index contributed by atoms with van der Waals surface area (Å²) >= 11 is 0. The number of hydrogen-bond donors (Lipinski definition) is 0. The summed E-state index contributed by atoms with van der Waals surface area (Å²) in [5.74, 6) is 0.987. The molecule has 6 aromatic rings. The number of hydrogen-bond acceptors (Lipinski definition) is 1. The van der Waals surface area contributed by atoms with Crippen molar-refractivity contribution in [3.63, 3.8) is 0 Å². The number of aromatic nitrogens is 2. The summed E-state index contributed by atoms with van der Waals surface area (Å²) in [7, 11) is 0. The summed E-state index contributed by atoms with van der Waals surface area (Å²) in [6.07, 6.45) is 5.33. The van der Waals surface area contributed by atoms with Gasteiger partial charge in [0.15, 0.2) is 0 Å². The standard InChI is InChI=1S/C29H21N3/c1-5-14-24-20(10-1)21-11-2-6-15-25(21)31(24)28-18-9-19-29(30-28)32-26-16-7-3-12-22(26)23-13-4-8-17-27(23)32/h1-18,29H,19H2. The second kappa shape index (κ2) is 6.69. The topological polar surface area (TPSA) is 22.2 Å². The molecule has 0 N–H and O–H groups in total. The predicted molar refractivity (Wildman–Crippen MR) is 135 cm³/mol. The van der Waals surface area contributed by atoms with E-state index in [-0.39, 0.29) is 6.17 Å². The summed E-state index contributed by atoms with van der Waals surface area (Å²) in [5, 5.41) is 5.09. The van der Waals surface area contributed by atoms with Crippen molar-refractivity contribution < 1.29 is 0 Å². The minimum atomic E-state index is 0.0136. The van der Waals surface area contributed by atoms with Gasteiger partial charge in [0.25, 0.3) is 0 Å². The molecule has 152 valence electrons. The first-order valence-corrected chi connectivity index (χ1v) is 11.1. The third kappa shape index (κ3) is 2.39. The minimum Gasteiger partial charge on any atom is -0.317 e. The number of para-hydroxylation sites is 4. The van der Waals surface area contributed by atoms with Gasteiger partial charge in [-0.3, -0.25) is 4.57 Å². The first kappa shape index (κ1) is 17.6. The molecule has 2 aromatic heterocycles. The molecule has 4 aromatic carbocycles. The Balaban J connectivity index is 1.50. The van der Waals surface area contributed by atoms with E-state index < -0.39 is 0 Å². The molecule has 32 heavy (non-hydrogen) atoms. The van der Waals surface area contributed by atoms with Gasteiger partial charge in [0.05, 0.1) is 22.1 Å². The second-order valence-electron chi connectivity index (χ2n) is 8.38. The lowest BCUT2D eigenvalue weighted by Gasteiger charge is -2.21. The van der Waals surface area contributed by atoms with Crippen LogP contribution in [0.1, 0.15) is 12.6 Å². The normalized spacial score (nSPS) is 16.4. The second-order valence-corrected chi connectivity index (χ2v) is 8.38. The monoisotopic (exact) mass is 411 g/mol. The lowest BCUT2D eigenvalue weighted by atomic mass is 10.2. The molecule has 0 aliphatic carbocycles. The number of fused-ring (bicyclic) bond motifs is 6. The minimum absolute atomic E-state index is 0.0136. The number of aliphatic imine (C=N–C) groups is 1. The van der Waals surface area contributed by atoms with Gasteiger partial charge in [0.2, 0.25) is 0 Å². The zero-order valence-electron chi connectivity index (χ0n) is 17.5. The molecule has 1 aliphatic heterocycles. The average Bonchev–Trinajstić information content (AvgIpc) is 3.37. The summed E-state index contributed by atoms with van der Waals surface area (Å²) in [4.78, 5) is 5.32. The predicted octanol–water partition coefficient (Wildman–Crippen LogP) is 7.31. The fourth-order valence-corrected chi connectivity index (χ4v) is 5.28. The van der Waals surface area contributed by atoms with Crippen molar-refractivity contribution in [3.05, 3.63) is 109 Å². The summed E-state index contributed by atoms with van der Waals surface area (Å²) in [6, 6.07) is 34.5. The lowest BCUT2D eigenvalue weighted by molar-refractivity contribution is 0.557. The van der Waals surface area contributed by atoms with Crippen molar-refractivity contribution >= 4 is 49.4 Å². The molecule has 0 fully saturated rings. The molecule has 0 radical (unpaired) electrons. The molecular formula is C29H21N3. The van der Waals surface area contributed by atoms with Gasteiger partial charge in [-0.05, 0) is 30.3 Å². The van der Waals surface area contributed by atoms with Crippen molar-refractivity contribution in [1.29, 1.82) is 0 Å². The van der Waals surface area contributed by atoms with Gasteiger partial charge < -0.3 is 4.57 Å². The Bertz CT molecular complexity index is 1600. The maximum absolute atomic E-state index is 5.32. The molecule has 0 spiro atoms. The van der Waals surface area contributed by atoms with E-state index in [2.05, 4.69) is 118 Å². The zero-order valence-corrected chi connectivity index (χ0v) is 17.5. The number of allylic oxidation sites excluding steroid dienone is 1. The summed E-state index contributed by atoms with van der Waals surface area (Å²) in [6.45, 7) is 0. The third-order valence-electron chi connectivity index (χ3n) is 6.62. The van der Waals surface area contributed by atoms with Crippen molar-refractivity contribution in [2.75, 3.05) is 0 Å². The Labute approximate surface area is 185 Å². The largest absolute Gasteiger partial charge is 0.317 e. The molecule has 1 unspecified atom stereocenters. The first-order valence-electron chi connectivity index (χ1n) is 11.1. The molecule has 3 heterocycles. The Hall–Kier alpha value is -4.11. The van der Waals surface area contributed by atoms with Crippen molar-refractivity contribution in [2.45, 2.75) is 12.6 Å². The Kier molecular flexibility index (Phi) is 3.67. The van der Waals surface area contributed by atoms with Gasteiger partial charge in [0, 0.05) is 28.0 Å². The van der Waals surface area contributed by atoms with Crippen LogP contribution in [0.3, 0.4) is 0 Å². The number of dihydropyridines is 1. The molecule has 3 heteroatoms. The number of benzene rings is 4. The zero-order chi connectivity index (χ0) is 21.1. The van der Waals surface area contributed by atoms with Crippen LogP contribution in [0, 0.1) is 0 Å². The molecular weight excluding hydrogens is 390 g/mol. The van der Waals surface area contributed by atoms with Crippen LogP contribution < -0.4 is 0 Å². The van der Waals surface area contributed by atoms with E-state index in [1.807, 2.05) is 0 Å². The molecule has 1 atom stereocenters. The van der Waals surface area contributed by atoms with Gasteiger partial charge in [-0.25, -0.2) is 4.99 Å². The highest BCUT2D eigenvalue weighted by Crippen LogP contribution is 2.35. The maximum Gasteiger partial charge on any atom is 0.134 e. The molecule has 3 nitrogen and oxygen atoms in total. The van der Waals surface area contributed by atoms with Crippen LogP contribution in [0.5, 0.6) is 0 Å². The van der Waals surface area contributed by atoms with Crippen molar-refractivity contribution in [3.8, 4) is 0 Å². The summed E-state index contributed by atoms with van der Waals surface area (Å²) in [5.41, 5.74) is 4.86. The van der Waals surface area contributed by atoms with E-state index in [1.165, 1.54) is 43.6 Å². The van der Waals surface area contributed by atoms with Gasteiger partial charge in [-0.2, -0.15) is 0 Å². The molecule has 0 saturated carbocycles. The Morgan fingerprint density at radius 3 is 1.53 bits per heavy atom. The van der Waals surface area contributed by atoms with Crippen LogP contribution in [0.4, 0.5) is 0 Å². The van der Waals surface area contributed by atoms with E-state index >= 15 is 0 Å². The van der Waals surface area contributed by atoms with E-state index in [4.69, 9.17) is 4.99 Å². The van der Waals surface area contributed by atoms with Gasteiger partial charge in [-0.1, -0.05) is 78.9 Å². The van der Waals surface area contributed by atoms with Crippen LogP contribution in [0.2, 0.25) is 0 Å². The SMILES string of the molecule is C1=CC(n2c3ccccc3c3ccccc32)=NC(n2c3ccccc3c3ccccc32)C1. The van der Waals surface area contributed by atoms with Crippen LogP contribution in [0.15, 0.2) is 114 Å². The third-order valence-corrected chi connectivity index (χ3v) is 6.62. The van der Waals surface area contributed by atoms with Gasteiger partial charge in [0.1, 0.15) is 12.0 Å². The summed E-state index contributed by atoms with van der Waals surface area (Å²) < 4.78 is 4.71. The maximum atomic E-state index is 5.32. The van der Waals surface area contributed by atoms with Gasteiger partial charge >= 0.3 is 0 Å². The van der Waals surface area contributed by atoms with Gasteiger partial charge in [-0.15, -0.1) is 0 Å². The van der Waals surface area contributed by atoms with Crippen molar-refractivity contribution in [2.24, 2.45) is 4.99 Å². The Morgan fingerprint density at radius 1 is 0.562 bits per heavy atom. The molecule has 0 saturated heterocycles. The lowest BCUT2D eigenvalue weighted by Crippen LogP contribution is -2.17. The van der Waals surface area contributed by atoms with Crippen LogP contribution in [-0.2, 0) is 0 Å². The van der Waals surface area contributed by atoms with Crippen molar-refractivity contribution in [1.82, 2.24) is 9.13 Å². The Morgan fingerprint density at radius 2 is 1.00 bits per heavy atom. The molecule has 7 rings (SSSR count). The van der Waals surface area contributed by atoms with E-state index in [1.54, 1.807) is 0 Å². The smallest absolute Gasteiger partial charge is 0.134 e. The van der Waals surface area contributed by atoms with E-state index in [0.29, 0.717) is 0 Å². The van der Waals surface area contributed by atoms with Crippen LogP contribution >= 0.6 is 0 Å². The fourth-order valence-electron chi connectivity index (χ4n) is 5.28. The highest BCUT2D eigenvalue weighted by Gasteiger charge is 2.21. The van der Waals surface area contributed by atoms with E-state index in [9.17, 15) is 0 Å². The molecule has 0 bridgehead atoms. The first-order chi connectivity index (χ1) is 15.9. The highest BCUT2D eigenvalue weighted by atomic mass is 15.2. The van der Waals surface area contributed by atoms with E-state index in [0.717, 1.165) is 12.3 Å². The quantitative estimate of drug-likeness (QED) is 0.271. The molecule has 1 aliphatic rings. The van der Waals surface area contributed by atoms with Crippen LogP contribution in [-0.4, -0.2) is 15.0 Å². The fraction of sp³-hybridized carbons (Fsp3) is 0.0690. The number of rotatable bonds is 1. The average molecular weight is 412 g/mol. The molecule has 0 amide bonds. The van der Waals surface area contributed by atoms with Crippen LogP contribution in [0.25, 0.3) is 43.6 Å².